The van der Waals surface area contributed by atoms with Crippen molar-refractivity contribution in [1.82, 2.24) is 0 Å². The molecule has 1 aromatic carbocycles. The second-order valence-corrected chi connectivity index (χ2v) is 3.76. The molecule has 0 saturated heterocycles. The number of benzene rings is 1. The third kappa shape index (κ3) is 3.19. The maximum absolute atomic E-state index is 11.6. The van der Waals surface area contributed by atoms with Gasteiger partial charge in [-0.1, -0.05) is 19.1 Å². The highest BCUT2D eigenvalue weighted by atomic mass is 16.5. The number of ether oxygens (including phenoxy) is 1. The first kappa shape index (κ1) is 12.4. The van der Waals surface area contributed by atoms with Gasteiger partial charge in [0.1, 0.15) is 0 Å². The van der Waals surface area contributed by atoms with Crippen LogP contribution in [0.15, 0.2) is 24.3 Å². The SMILES string of the molecule is CCC(C)OC(=O)c1ccc(C(C)=O)cc1. The Hall–Kier alpha value is -1.64. The summed E-state index contributed by atoms with van der Waals surface area (Å²) in [5.41, 5.74) is 1.07. The zero-order chi connectivity index (χ0) is 12.1. The number of hydrogen-bond acceptors (Lipinski definition) is 3. The van der Waals surface area contributed by atoms with Crippen molar-refractivity contribution in [2.24, 2.45) is 0 Å². The maximum atomic E-state index is 11.6. The highest BCUT2D eigenvalue weighted by Crippen LogP contribution is 2.08. The lowest BCUT2D eigenvalue weighted by Gasteiger charge is -2.10. The van der Waals surface area contributed by atoms with Crippen molar-refractivity contribution in [2.75, 3.05) is 0 Å². The summed E-state index contributed by atoms with van der Waals surface area (Å²) < 4.78 is 5.16. The standard InChI is InChI=1S/C13H16O3/c1-4-9(2)16-13(15)12-7-5-11(6-8-12)10(3)14/h5-9H,4H2,1-3H3. The normalized spacial score (nSPS) is 11.9. The number of hydrogen-bond donors (Lipinski definition) is 0. The summed E-state index contributed by atoms with van der Waals surface area (Å²) in [5.74, 6) is -0.355. The van der Waals surface area contributed by atoms with Crippen molar-refractivity contribution in [3.8, 4) is 0 Å². The molecule has 0 spiro atoms. The largest absolute Gasteiger partial charge is 0.459 e. The van der Waals surface area contributed by atoms with Gasteiger partial charge in [0.2, 0.25) is 0 Å². The van der Waals surface area contributed by atoms with Crippen molar-refractivity contribution in [3.05, 3.63) is 35.4 Å². The molecule has 0 bridgehead atoms. The Labute approximate surface area is 95.4 Å². The van der Waals surface area contributed by atoms with Crippen LogP contribution < -0.4 is 0 Å². The van der Waals surface area contributed by atoms with Gasteiger partial charge in [-0.2, -0.15) is 0 Å². The molecule has 86 valence electrons. The van der Waals surface area contributed by atoms with Crippen molar-refractivity contribution >= 4 is 11.8 Å². The minimum atomic E-state index is -0.343. The molecule has 0 radical (unpaired) electrons. The van der Waals surface area contributed by atoms with E-state index >= 15 is 0 Å². The predicted molar refractivity (Wildman–Crippen MR) is 61.6 cm³/mol. The predicted octanol–water partition coefficient (Wildman–Crippen LogP) is 2.84. The summed E-state index contributed by atoms with van der Waals surface area (Å²) in [4.78, 5) is 22.6. The van der Waals surface area contributed by atoms with Gasteiger partial charge in [0, 0.05) is 5.56 Å². The van der Waals surface area contributed by atoms with Gasteiger partial charge in [0.25, 0.3) is 0 Å². The lowest BCUT2D eigenvalue weighted by atomic mass is 10.1. The molecule has 0 fully saturated rings. The molecule has 0 aliphatic carbocycles. The van der Waals surface area contributed by atoms with Gasteiger partial charge >= 0.3 is 5.97 Å². The van der Waals surface area contributed by atoms with E-state index in [9.17, 15) is 9.59 Å². The molecule has 16 heavy (non-hydrogen) atoms. The first-order valence-corrected chi connectivity index (χ1v) is 5.36. The summed E-state index contributed by atoms with van der Waals surface area (Å²) in [6.07, 6.45) is 0.706. The molecular formula is C13H16O3. The van der Waals surface area contributed by atoms with Gasteiger partial charge in [-0.3, -0.25) is 4.79 Å². The van der Waals surface area contributed by atoms with E-state index in [1.54, 1.807) is 24.3 Å². The van der Waals surface area contributed by atoms with Gasteiger partial charge in [0.05, 0.1) is 11.7 Å². The number of ketones is 1. The lowest BCUT2D eigenvalue weighted by Crippen LogP contribution is -2.14. The first-order chi connectivity index (χ1) is 7.54. The lowest BCUT2D eigenvalue weighted by molar-refractivity contribution is 0.0334. The first-order valence-electron chi connectivity index (χ1n) is 5.36. The van der Waals surface area contributed by atoms with E-state index in [2.05, 4.69) is 0 Å². The maximum Gasteiger partial charge on any atom is 0.338 e. The molecule has 0 saturated carbocycles. The Morgan fingerprint density at radius 3 is 2.12 bits per heavy atom. The van der Waals surface area contributed by atoms with Crippen molar-refractivity contribution < 1.29 is 14.3 Å². The second kappa shape index (κ2) is 5.45. The number of rotatable bonds is 4. The third-order valence-electron chi connectivity index (χ3n) is 2.41. The highest BCUT2D eigenvalue weighted by Gasteiger charge is 2.10. The van der Waals surface area contributed by atoms with Crippen LogP contribution in [0.5, 0.6) is 0 Å². The van der Waals surface area contributed by atoms with Crippen LogP contribution in [0.4, 0.5) is 0 Å². The van der Waals surface area contributed by atoms with Crippen LogP contribution in [0.3, 0.4) is 0 Å². The molecule has 0 heterocycles. The molecule has 1 atom stereocenters. The van der Waals surface area contributed by atoms with Gasteiger partial charge in [-0.05, 0) is 32.4 Å². The summed E-state index contributed by atoms with van der Waals surface area (Å²) in [5, 5.41) is 0. The van der Waals surface area contributed by atoms with E-state index in [-0.39, 0.29) is 17.9 Å². The van der Waals surface area contributed by atoms with Crippen molar-refractivity contribution in [2.45, 2.75) is 33.3 Å². The fourth-order valence-electron chi connectivity index (χ4n) is 1.18. The Bertz CT molecular complexity index is 379. The molecule has 0 N–H and O–H groups in total. The summed E-state index contributed by atoms with van der Waals surface area (Å²) in [6.45, 7) is 5.30. The summed E-state index contributed by atoms with van der Waals surface area (Å²) in [6, 6.07) is 6.49. The molecular weight excluding hydrogens is 204 g/mol. The van der Waals surface area contributed by atoms with Crippen LogP contribution in [0.2, 0.25) is 0 Å². The van der Waals surface area contributed by atoms with E-state index in [0.717, 1.165) is 6.42 Å². The van der Waals surface area contributed by atoms with Gasteiger partial charge in [-0.25, -0.2) is 4.79 Å². The van der Waals surface area contributed by atoms with Crippen LogP contribution in [0.1, 0.15) is 47.9 Å². The highest BCUT2D eigenvalue weighted by molar-refractivity contribution is 5.96. The molecule has 0 aliphatic rings. The van der Waals surface area contributed by atoms with Crippen molar-refractivity contribution in [1.29, 1.82) is 0 Å². The quantitative estimate of drug-likeness (QED) is 0.579. The average molecular weight is 220 g/mol. The Morgan fingerprint density at radius 1 is 1.19 bits per heavy atom. The molecule has 1 rings (SSSR count). The molecule has 0 amide bonds. The Balaban J connectivity index is 2.74. The van der Waals surface area contributed by atoms with E-state index in [4.69, 9.17) is 4.74 Å². The smallest absolute Gasteiger partial charge is 0.338 e. The summed E-state index contributed by atoms with van der Waals surface area (Å²) in [7, 11) is 0. The van der Waals surface area contributed by atoms with Crippen LogP contribution in [0, 0.1) is 0 Å². The van der Waals surface area contributed by atoms with Crippen LogP contribution in [-0.4, -0.2) is 17.9 Å². The van der Waals surface area contributed by atoms with E-state index in [0.29, 0.717) is 11.1 Å². The fraction of sp³-hybridized carbons (Fsp3) is 0.385. The van der Waals surface area contributed by atoms with Gasteiger partial charge in [-0.15, -0.1) is 0 Å². The minimum Gasteiger partial charge on any atom is -0.459 e. The zero-order valence-corrected chi connectivity index (χ0v) is 9.82. The van der Waals surface area contributed by atoms with Crippen LogP contribution in [0.25, 0.3) is 0 Å². The van der Waals surface area contributed by atoms with E-state index in [1.165, 1.54) is 6.92 Å². The molecule has 0 aromatic heterocycles. The van der Waals surface area contributed by atoms with Crippen LogP contribution >= 0.6 is 0 Å². The minimum absolute atomic E-state index is 0.0122. The van der Waals surface area contributed by atoms with Crippen LogP contribution in [-0.2, 0) is 4.74 Å². The van der Waals surface area contributed by atoms with Gasteiger partial charge in [0.15, 0.2) is 5.78 Å². The fourth-order valence-corrected chi connectivity index (χ4v) is 1.18. The van der Waals surface area contributed by atoms with Gasteiger partial charge < -0.3 is 4.74 Å². The van der Waals surface area contributed by atoms with Crippen molar-refractivity contribution in [3.63, 3.8) is 0 Å². The average Bonchev–Trinajstić information content (AvgIpc) is 2.28. The monoisotopic (exact) mass is 220 g/mol. The Kier molecular flexibility index (Phi) is 4.23. The second-order valence-electron chi connectivity index (χ2n) is 3.76. The molecule has 1 aromatic rings. The van der Waals surface area contributed by atoms with E-state index in [1.807, 2.05) is 13.8 Å². The van der Waals surface area contributed by atoms with E-state index < -0.39 is 0 Å². The number of Topliss-reactive ketones (excluding diaryl/α,β-unsaturated/α-hetero) is 1. The molecule has 3 heteroatoms. The molecule has 3 nitrogen and oxygen atoms in total. The molecule has 0 aliphatic heterocycles. The summed E-state index contributed by atoms with van der Waals surface area (Å²) >= 11 is 0. The Morgan fingerprint density at radius 2 is 1.69 bits per heavy atom. The topological polar surface area (TPSA) is 43.4 Å². The number of esters is 1. The number of carbonyl (C=O) groups is 2. The third-order valence-corrected chi connectivity index (χ3v) is 2.41. The zero-order valence-electron chi connectivity index (χ0n) is 9.82. The number of carbonyl (C=O) groups excluding carboxylic acids is 2. The molecule has 1 unspecified atom stereocenters.